The second-order valence-electron chi connectivity index (χ2n) is 9.00. The van der Waals surface area contributed by atoms with Gasteiger partial charge in [0.1, 0.15) is 23.5 Å². The molecule has 0 radical (unpaired) electrons. The lowest BCUT2D eigenvalue weighted by Gasteiger charge is -2.13. The number of imidazole rings is 1. The van der Waals surface area contributed by atoms with E-state index < -0.39 is 11.8 Å². The zero-order valence-electron chi connectivity index (χ0n) is 20.7. The molecule has 0 bridgehead atoms. The SMILES string of the molecule is CC(C)C1CCN(C=O)C1.COc1ccc(-n2c(-c3ccc(C#N)c(F)c3)nc(C)c2F)cc1C. The van der Waals surface area contributed by atoms with Crippen molar-refractivity contribution >= 4 is 6.41 Å². The Labute approximate surface area is 204 Å². The van der Waals surface area contributed by atoms with Crippen molar-refractivity contribution in [2.24, 2.45) is 11.8 Å². The summed E-state index contributed by atoms with van der Waals surface area (Å²) >= 11 is 0. The zero-order chi connectivity index (χ0) is 25.7. The summed E-state index contributed by atoms with van der Waals surface area (Å²) in [6.45, 7) is 9.78. The number of likely N-dealkylation sites (tertiary alicyclic amines) is 1. The van der Waals surface area contributed by atoms with E-state index in [1.165, 1.54) is 23.1 Å². The van der Waals surface area contributed by atoms with E-state index in [0.717, 1.165) is 36.9 Å². The molecule has 1 aliphatic heterocycles. The van der Waals surface area contributed by atoms with Gasteiger partial charge in [0.2, 0.25) is 12.4 Å². The number of amides is 1. The van der Waals surface area contributed by atoms with Crippen LogP contribution in [0.4, 0.5) is 8.78 Å². The first-order valence-corrected chi connectivity index (χ1v) is 11.5. The first-order chi connectivity index (χ1) is 16.7. The van der Waals surface area contributed by atoms with Crippen molar-refractivity contribution in [1.29, 1.82) is 5.26 Å². The van der Waals surface area contributed by atoms with Gasteiger partial charge in [-0.3, -0.25) is 9.36 Å². The highest BCUT2D eigenvalue weighted by Gasteiger charge is 2.23. The van der Waals surface area contributed by atoms with Crippen molar-refractivity contribution in [1.82, 2.24) is 14.5 Å². The van der Waals surface area contributed by atoms with Gasteiger partial charge in [-0.05, 0) is 74.1 Å². The maximum Gasteiger partial charge on any atom is 0.221 e. The number of nitrogens with zero attached hydrogens (tertiary/aromatic N) is 4. The van der Waals surface area contributed by atoms with Crippen LogP contribution in [0, 0.1) is 48.8 Å². The van der Waals surface area contributed by atoms with Crippen molar-refractivity contribution in [3.63, 3.8) is 0 Å². The Hall–Kier alpha value is -3.73. The smallest absolute Gasteiger partial charge is 0.221 e. The lowest BCUT2D eigenvalue weighted by Crippen LogP contribution is -2.19. The highest BCUT2D eigenvalue weighted by atomic mass is 19.1. The van der Waals surface area contributed by atoms with E-state index in [0.29, 0.717) is 17.0 Å². The van der Waals surface area contributed by atoms with Gasteiger partial charge >= 0.3 is 0 Å². The molecule has 8 heteroatoms. The van der Waals surface area contributed by atoms with Gasteiger partial charge in [0, 0.05) is 18.7 Å². The Balaban J connectivity index is 0.000000287. The van der Waals surface area contributed by atoms with Gasteiger partial charge in [0.05, 0.1) is 24.1 Å². The molecule has 1 aliphatic rings. The first-order valence-electron chi connectivity index (χ1n) is 11.5. The lowest BCUT2D eigenvalue weighted by atomic mass is 9.95. The fraction of sp³-hybridized carbons (Fsp3) is 0.370. The van der Waals surface area contributed by atoms with Crippen molar-refractivity contribution in [2.75, 3.05) is 20.2 Å². The molecule has 0 saturated carbocycles. The third-order valence-corrected chi connectivity index (χ3v) is 6.31. The third kappa shape index (κ3) is 5.68. The molecule has 1 unspecified atom stereocenters. The molecule has 0 N–H and O–H groups in total. The predicted molar refractivity (Wildman–Crippen MR) is 130 cm³/mol. The van der Waals surface area contributed by atoms with Crippen LogP contribution >= 0.6 is 0 Å². The number of hydrogen-bond acceptors (Lipinski definition) is 4. The molecule has 6 nitrogen and oxygen atoms in total. The summed E-state index contributed by atoms with van der Waals surface area (Å²) in [5.41, 5.74) is 1.91. The number of carbonyl (C=O) groups is 1. The summed E-state index contributed by atoms with van der Waals surface area (Å²) < 4.78 is 35.2. The van der Waals surface area contributed by atoms with Crippen LogP contribution in [0.15, 0.2) is 36.4 Å². The molecule has 1 fully saturated rings. The number of aromatic nitrogens is 2. The molecule has 0 aliphatic carbocycles. The molecule has 1 atom stereocenters. The number of halogens is 2. The van der Waals surface area contributed by atoms with Crippen LogP contribution in [0.5, 0.6) is 5.75 Å². The van der Waals surface area contributed by atoms with E-state index in [9.17, 15) is 13.6 Å². The monoisotopic (exact) mass is 480 g/mol. The topological polar surface area (TPSA) is 71.2 Å². The van der Waals surface area contributed by atoms with Crippen LogP contribution in [-0.4, -0.2) is 41.1 Å². The van der Waals surface area contributed by atoms with Crippen LogP contribution in [0.3, 0.4) is 0 Å². The number of aryl methyl sites for hydroxylation is 2. The van der Waals surface area contributed by atoms with Crippen LogP contribution in [0.25, 0.3) is 17.1 Å². The largest absolute Gasteiger partial charge is 0.496 e. The maximum atomic E-state index is 14.7. The Bertz CT molecular complexity index is 1250. The number of benzene rings is 2. The van der Waals surface area contributed by atoms with Crippen LogP contribution < -0.4 is 4.74 Å². The Morgan fingerprint density at radius 2 is 1.94 bits per heavy atom. The van der Waals surface area contributed by atoms with Gasteiger partial charge in [-0.25, -0.2) is 9.37 Å². The Morgan fingerprint density at radius 1 is 1.20 bits per heavy atom. The van der Waals surface area contributed by atoms with Gasteiger partial charge < -0.3 is 9.64 Å². The van der Waals surface area contributed by atoms with E-state index >= 15 is 0 Å². The highest BCUT2D eigenvalue weighted by Crippen LogP contribution is 2.29. The summed E-state index contributed by atoms with van der Waals surface area (Å²) in [5, 5.41) is 8.86. The number of carbonyl (C=O) groups excluding carboxylic acids is 1. The molecule has 1 amide bonds. The molecule has 3 aromatic rings. The number of hydrogen-bond donors (Lipinski definition) is 0. The average Bonchev–Trinajstić information content (AvgIpc) is 3.44. The lowest BCUT2D eigenvalue weighted by molar-refractivity contribution is -0.117. The molecule has 2 aromatic carbocycles. The third-order valence-electron chi connectivity index (χ3n) is 6.31. The van der Waals surface area contributed by atoms with Crippen LogP contribution in [-0.2, 0) is 4.79 Å². The minimum atomic E-state index is -0.668. The molecular formula is C27H30F2N4O2. The van der Waals surface area contributed by atoms with Gasteiger partial charge in [-0.2, -0.15) is 9.65 Å². The van der Waals surface area contributed by atoms with Crippen molar-refractivity contribution in [3.8, 4) is 28.9 Å². The van der Waals surface area contributed by atoms with E-state index in [4.69, 9.17) is 10.00 Å². The fourth-order valence-electron chi connectivity index (χ4n) is 4.14. The molecular weight excluding hydrogens is 450 g/mol. The van der Waals surface area contributed by atoms with E-state index in [-0.39, 0.29) is 17.1 Å². The molecule has 1 saturated heterocycles. The molecule has 2 heterocycles. The quantitative estimate of drug-likeness (QED) is 0.456. The van der Waals surface area contributed by atoms with E-state index in [2.05, 4.69) is 18.8 Å². The van der Waals surface area contributed by atoms with Gasteiger partial charge in [0.25, 0.3) is 0 Å². The van der Waals surface area contributed by atoms with Gasteiger partial charge in [0.15, 0.2) is 0 Å². The molecule has 1 aromatic heterocycles. The second kappa shape index (κ2) is 11.1. The summed E-state index contributed by atoms with van der Waals surface area (Å²) in [4.78, 5) is 16.4. The fourth-order valence-corrected chi connectivity index (χ4v) is 4.14. The summed E-state index contributed by atoms with van der Waals surface area (Å²) in [7, 11) is 1.56. The Morgan fingerprint density at radius 3 is 2.46 bits per heavy atom. The van der Waals surface area contributed by atoms with Crippen LogP contribution in [0.1, 0.15) is 37.1 Å². The van der Waals surface area contributed by atoms with Crippen LogP contribution in [0.2, 0.25) is 0 Å². The molecule has 4 rings (SSSR count). The number of methoxy groups -OCH3 is 1. The normalized spacial score (nSPS) is 14.9. The van der Waals surface area contributed by atoms with Gasteiger partial charge in [-0.15, -0.1) is 0 Å². The summed E-state index contributed by atoms with van der Waals surface area (Å²) in [5.74, 6) is 1.23. The highest BCUT2D eigenvalue weighted by molar-refractivity contribution is 5.61. The number of rotatable bonds is 5. The van der Waals surface area contributed by atoms with E-state index in [1.807, 2.05) is 11.8 Å². The average molecular weight is 481 g/mol. The first kappa shape index (κ1) is 25.9. The van der Waals surface area contributed by atoms with Crippen molar-refractivity contribution in [2.45, 2.75) is 34.1 Å². The summed E-state index contributed by atoms with van der Waals surface area (Å²) in [6, 6.07) is 11.1. The standard InChI is InChI=1S/C19H15F2N3O.C8H15NO/c1-11-8-15(6-7-17(11)25-3)24-18(21)12(2)23-19(24)13-4-5-14(10-22)16(20)9-13;1-7(2)8-3-4-9(5-8)6-10/h4-9H,1-3H3;6-8H,3-5H2,1-2H3. The molecule has 0 spiro atoms. The van der Waals surface area contributed by atoms with Crippen molar-refractivity contribution in [3.05, 3.63) is 65.0 Å². The minimum Gasteiger partial charge on any atom is -0.496 e. The van der Waals surface area contributed by atoms with Gasteiger partial charge in [-0.1, -0.05) is 13.8 Å². The molecule has 35 heavy (non-hydrogen) atoms. The second-order valence-corrected chi connectivity index (χ2v) is 9.00. The minimum absolute atomic E-state index is 0.0701. The maximum absolute atomic E-state index is 14.7. The zero-order valence-corrected chi connectivity index (χ0v) is 20.7. The number of nitriles is 1. The number of ether oxygens (including phenoxy) is 1. The van der Waals surface area contributed by atoms with E-state index in [1.54, 1.807) is 44.4 Å². The predicted octanol–water partition coefficient (Wildman–Crippen LogP) is 5.44. The molecule has 184 valence electrons. The van der Waals surface area contributed by atoms with Crippen molar-refractivity contribution < 1.29 is 18.3 Å². The summed E-state index contributed by atoms with van der Waals surface area (Å²) in [6.07, 6.45) is 2.15. The Kier molecular flexibility index (Phi) is 8.23.